The first-order chi connectivity index (χ1) is 9.67. The first-order valence-electron chi connectivity index (χ1n) is 7.34. The molecule has 4 nitrogen and oxygen atoms in total. The number of aromatic nitrogens is 2. The topological polar surface area (TPSA) is 30.3 Å². The summed E-state index contributed by atoms with van der Waals surface area (Å²) in [6.45, 7) is 3.15. The van der Waals surface area contributed by atoms with Gasteiger partial charge in [-0.15, -0.1) is 0 Å². The summed E-state index contributed by atoms with van der Waals surface area (Å²) in [5, 5.41) is 0. The minimum absolute atomic E-state index is 0.390. The van der Waals surface area contributed by atoms with Crippen LogP contribution in [0.25, 0.3) is 11.0 Å². The second-order valence-electron chi connectivity index (χ2n) is 5.20. The molecule has 1 atom stereocenters. The number of para-hydroxylation sites is 2. The molecular weight excluding hydrogens is 238 g/mol. The fraction of sp³-hybridized carbons (Fsp3) is 0.533. The quantitative estimate of drug-likeness (QED) is 0.840. The van der Waals surface area contributed by atoms with Gasteiger partial charge >= 0.3 is 0 Å². The predicted octanol–water partition coefficient (Wildman–Crippen LogP) is 1.84. The lowest BCUT2D eigenvalue weighted by Crippen LogP contribution is -2.25. The molecule has 2 aromatic rings. The molecule has 3 rings (SSSR count). The summed E-state index contributed by atoms with van der Waals surface area (Å²) >= 11 is 0. The van der Waals surface area contributed by atoms with Gasteiger partial charge in [0.05, 0.1) is 18.5 Å². The highest BCUT2D eigenvalue weighted by Gasteiger charge is 2.21. The second kappa shape index (κ2) is 5.31. The van der Waals surface area contributed by atoms with Crippen molar-refractivity contribution in [2.75, 3.05) is 26.7 Å². The molecule has 0 amide bonds. The van der Waals surface area contributed by atoms with E-state index in [1.807, 2.05) is 19.2 Å². The molecule has 1 aliphatic heterocycles. The van der Waals surface area contributed by atoms with Gasteiger partial charge in [0.2, 0.25) is 0 Å². The van der Waals surface area contributed by atoms with Crippen molar-refractivity contribution in [3.8, 4) is 0 Å². The molecule has 0 radical (unpaired) electrons. The molecule has 1 aliphatic rings. The summed E-state index contributed by atoms with van der Waals surface area (Å²) in [5.41, 5.74) is 2.03. The number of benzene rings is 1. The highest BCUT2D eigenvalue weighted by molar-refractivity contribution is 5.75. The summed E-state index contributed by atoms with van der Waals surface area (Å²) in [6, 6.07) is 6.14. The lowest BCUT2D eigenvalue weighted by atomic mass is 10.3. The molecule has 1 unspecified atom stereocenters. The van der Waals surface area contributed by atoms with Gasteiger partial charge in [-0.1, -0.05) is 12.1 Å². The number of methoxy groups -OCH3 is 1. The Morgan fingerprint density at radius 3 is 3.21 bits per heavy atom. The van der Waals surface area contributed by atoms with Crippen LogP contribution in [0.1, 0.15) is 13.6 Å². The first-order valence-corrected chi connectivity index (χ1v) is 6.84. The van der Waals surface area contributed by atoms with E-state index in [1.54, 1.807) is 13.2 Å². The zero-order valence-corrected chi connectivity index (χ0v) is 11.6. The normalized spacial score (nSPS) is 21.2. The summed E-state index contributed by atoms with van der Waals surface area (Å²) < 4.78 is 15.2. The molecule has 1 aromatic heterocycles. The summed E-state index contributed by atoms with van der Waals surface area (Å²) in [4.78, 5) is 7.11. The predicted molar refractivity (Wildman–Crippen MR) is 76.3 cm³/mol. The van der Waals surface area contributed by atoms with Crippen molar-refractivity contribution in [1.82, 2.24) is 14.5 Å². The van der Waals surface area contributed by atoms with Crippen molar-refractivity contribution in [3.63, 3.8) is 0 Å². The fourth-order valence-electron chi connectivity index (χ4n) is 2.80. The maximum atomic E-state index is 7.70. The lowest BCUT2D eigenvalue weighted by Gasteiger charge is -2.15. The van der Waals surface area contributed by atoms with E-state index in [9.17, 15) is 0 Å². The number of fused-ring (bicyclic) bond motifs is 1. The third-order valence-corrected chi connectivity index (χ3v) is 4.03. The Kier molecular flexibility index (Phi) is 3.20. The second-order valence-corrected chi connectivity index (χ2v) is 5.20. The number of imidazole rings is 1. The zero-order valence-electron chi connectivity index (χ0n) is 12.6. The van der Waals surface area contributed by atoms with Crippen molar-refractivity contribution in [2.24, 2.45) is 7.05 Å². The van der Waals surface area contributed by atoms with Crippen LogP contribution in [0.15, 0.2) is 24.2 Å². The van der Waals surface area contributed by atoms with Crippen molar-refractivity contribution in [3.05, 3.63) is 30.1 Å². The highest BCUT2D eigenvalue weighted by Crippen LogP contribution is 2.16. The van der Waals surface area contributed by atoms with Crippen LogP contribution in [-0.2, 0) is 18.2 Å². The summed E-state index contributed by atoms with van der Waals surface area (Å²) in [6.07, 6.45) is 2.46. The Morgan fingerprint density at radius 2 is 2.42 bits per heavy atom. The monoisotopic (exact) mass is 260 g/mol. The number of hydrogen-bond acceptors (Lipinski definition) is 3. The van der Waals surface area contributed by atoms with Gasteiger partial charge in [-0.3, -0.25) is 0 Å². The number of hydrogen-bond donors (Lipinski definition) is 0. The van der Waals surface area contributed by atoms with Crippen LogP contribution in [0.2, 0.25) is 0 Å². The molecule has 0 saturated carbocycles. The summed E-state index contributed by atoms with van der Waals surface area (Å²) in [7, 11) is 3.82. The molecule has 1 saturated heterocycles. The van der Waals surface area contributed by atoms with E-state index in [1.165, 1.54) is 0 Å². The van der Waals surface area contributed by atoms with Gasteiger partial charge in [0.25, 0.3) is 0 Å². The van der Waals surface area contributed by atoms with Crippen LogP contribution in [0, 0.1) is 0 Å². The average Bonchev–Trinajstić information content (AvgIpc) is 3.02. The molecule has 1 aromatic carbocycles. The number of likely N-dealkylation sites (tertiary alicyclic amines) is 1. The number of aryl methyl sites for hydroxylation is 1. The largest absolute Gasteiger partial charge is 0.380 e. The van der Waals surface area contributed by atoms with Crippen molar-refractivity contribution < 1.29 is 6.11 Å². The molecule has 19 heavy (non-hydrogen) atoms. The van der Waals surface area contributed by atoms with Gasteiger partial charge in [-0.05, 0) is 18.6 Å². The molecular formula is C15H21N3O. The lowest BCUT2D eigenvalue weighted by molar-refractivity contribution is 0.108. The third kappa shape index (κ3) is 2.51. The SMILES string of the molecule is [2H]c1ccc2nc(CCN3CCC(OC)C3)n(C)c2c1. The van der Waals surface area contributed by atoms with Crippen LogP contribution in [0.3, 0.4) is 0 Å². The Labute approximate surface area is 115 Å². The zero-order chi connectivity index (χ0) is 14.1. The highest BCUT2D eigenvalue weighted by atomic mass is 16.5. The van der Waals surface area contributed by atoms with Crippen LogP contribution in [-0.4, -0.2) is 47.3 Å². The van der Waals surface area contributed by atoms with Crippen LogP contribution in [0.5, 0.6) is 0 Å². The van der Waals surface area contributed by atoms with Crippen LogP contribution < -0.4 is 0 Å². The molecule has 0 aliphatic carbocycles. The molecule has 0 bridgehead atoms. The molecule has 102 valence electrons. The van der Waals surface area contributed by atoms with E-state index < -0.39 is 0 Å². The van der Waals surface area contributed by atoms with Crippen LogP contribution >= 0.6 is 0 Å². The van der Waals surface area contributed by atoms with E-state index in [0.717, 1.165) is 49.3 Å². The van der Waals surface area contributed by atoms with Crippen molar-refractivity contribution in [1.29, 1.82) is 0 Å². The molecule has 2 heterocycles. The molecule has 4 heteroatoms. The average molecular weight is 260 g/mol. The Bertz CT molecular complexity index is 610. The molecule has 0 N–H and O–H groups in total. The molecule has 0 spiro atoms. The first kappa shape index (κ1) is 11.4. The number of rotatable bonds is 4. The van der Waals surface area contributed by atoms with Gasteiger partial charge in [0.1, 0.15) is 5.82 Å². The van der Waals surface area contributed by atoms with E-state index in [-0.39, 0.29) is 0 Å². The fourth-order valence-corrected chi connectivity index (χ4v) is 2.80. The number of ether oxygens (including phenoxy) is 1. The maximum absolute atomic E-state index is 7.70. The van der Waals surface area contributed by atoms with E-state index in [4.69, 9.17) is 6.11 Å². The van der Waals surface area contributed by atoms with Crippen molar-refractivity contribution in [2.45, 2.75) is 18.9 Å². The Balaban J connectivity index is 1.70. The minimum Gasteiger partial charge on any atom is -0.380 e. The van der Waals surface area contributed by atoms with Crippen molar-refractivity contribution >= 4 is 11.0 Å². The standard InChI is InChI=1S/C15H21N3O/c1-17-14-6-4-3-5-13(14)16-15(17)8-10-18-9-7-12(11-18)19-2/h3-6,12H,7-11H2,1-2H3/i4D. The van der Waals surface area contributed by atoms with Gasteiger partial charge in [0.15, 0.2) is 0 Å². The Hall–Kier alpha value is -1.39. The van der Waals surface area contributed by atoms with Crippen LogP contribution in [0.4, 0.5) is 0 Å². The summed E-state index contributed by atoms with van der Waals surface area (Å²) in [5.74, 6) is 1.09. The van der Waals surface area contributed by atoms with E-state index in [0.29, 0.717) is 12.1 Å². The van der Waals surface area contributed by atoms with E-state index in [2.05, 4.69) is 14.5 Å². The van der Waals surface area contributed by atoms with Gasteiger partial charge in [-0.2, -0.15) is 0 Å². The van der Waals surface area contributed by atoms with Gasteiger partial charge < -0.3 is 14.2 Å². The minimum atomic E-state index is 0.390. The maximum Gasteiger partial charge on any atom is 0.110 e. The smallest absolute Gasteiger partial charge is 0.110 e. The van der Waals surface area contributed by atoms with Gasteiger partial charge in [-0.25, -0.2) is 4.98 Å². The third-order valence-electron chi connectivity index (χ3n) is 4.03. The number of nitrogens with zero attached hydrogens (tertiary/aromatic N) is 3. The van der Waals surface area contributed by atoms with E-state index >= 15 is 0 Å². The Morgan fingerprint density at radius 1 is 1.53 bits per heavy atom. The van der Waals surface area contributed by atoms with Gasteiger partial charge in [0, 0.05) is 40.2 Å². The molecule has 1 fully saturated rings.